The molecule has 10 heteroatoms. The summed E-state index contributed by atoms with van der Waals surface area (Å²) < 4.78 is 31.9. The van der Waals surface area contributed by atoms with Gasteiger partial charge in [0.1, 0.15) is 50.3 Å². The van der Waals surface area contributed by atoms with E-state index < -0.39 is 23.8 Å². The summed E-state index contributed by atoms with van der Waals surface area (Å²) >= 11 is 0. The van der Waals surface area contributed by atoms with Gasteiger partial charge < -0.3 is 33.5 Å². The summed E-state index contributed by atoms with van der Waals surface area (Å²) in [4.78, 5) is 37.6. The summed E-state index contributed by atoms with van der Waals surface area (Å²) in [7, 11) is 0. The number of carbonyl (C=O) groups is 3. The van der Waals surface area contributed by atoms with Crippen LogP contribution in [0.3, 0.4) is 0 Å². The lowest BCUT2D eigenvalue weighted by Gasteiger charge is -2.25. The first-order valence-corrected chi connectivity index (χ1v) is 13.9. The molecule has 0 aromatic heterocycles. The zero-order chi connectivity index (χ0) is 29.9. The van der Waals surface area contributed by atoms with Gasteiger partial charge in [-0.05, 0) is 42.0 Å². The van der Waals surface area contributed by atoms with Crippen LogP contribution < -0.4 is 9.47 Å². The second-order valence-electron chi connectivity index (χ2n) is 10.7. The lowest BCUT2D eigenvalue weighted by molar-refractivity contribution is -0.156. The Morgan fingerprint density at radius 1 is 1.05 bits per heavy atom. The molecule has 1 N–H and O–H groups in total. The average molecular weight is 573 g/mol. The van der Waals surface area contributed by atoms with Crippen molar-refractivity contribution in [2.75, 3.05) is 33.0 Å². The number of epoxide rings is 1. The molecule has 10 nitrogen and oxygen atoms in total. The standard InChI is InChI=1S/C31H40O10/c1-19(2)21(5)22-9-10-27(30(34)37-12-11-36-29(33)20(3)4)28(13-22)31(35)41-16-23(32)15-38-24-7-6-8-25(14-24)39-17-26-18-40-26/h6-9,13-14,16,19-21,26-27,32H,10-12,15,17-18H2,1-5H3/b23-16-. The fourth-order valence-corrected chi connectivity index (χ4v) is 3.79. The molecule has 3 atom stereocenters. The number of hydrogen-bond acceptors (Lipinski definition) is 10. The molecule has 2 aliphatic rings. The molecular weight excluding hydrogens is 532 g/mol. The Balaban J connectivity index is 1.59. The highest BCUT2D eigenvalue weighted by Gasteiger charge is 2.33. The molecule has 1 aromatic carbocycles. The summed E-state index contributed by atoms with van der Waals surface area (Å²) in [6.07, 6.45) is 4.84. The van der Waals surface area contributed by atoms with Crippen molar-refractivity contribution in [1.29, 1.82) is 0 Å². The lowest BCUT2D eigenvalue weighted by atomic mass is 9.81. The van der Waals surface area contributed by atoms with Crippen LogP contribution in [0, 0.1) is 23.7 Å². The van der Waals surface area contributed by atoms with E-state index in [2.05, 4.69) is 13.8 Å². The largest absolute Gasteiger partial charge is 0.506 e. The number of aliphatic hydroxyl groups is 1. The molecule has 1 aliphatic carbocycles. The first-order chi connectivity index (χ1) is 19.5. The molecule has 224 valence electrons. The highest BCUT2D eigenvalue weighted by molar-refractivity contribution is 5.97. The van der Waals surface area contributed by atoms with Gasteiger partial charge in [0.05, 0.1) is 24.0 Å². The molecule has 1 fully saturated rings. The van der Waals surface area contributed by atoms with E-state index in [1.54, 1.807) is 44.2 Å². The predicted octanol–water partition coefficient (Wildman–Crippen LogP) is 4.69. The molecule has 1 heterocycles. The van der Waals surface area contributed by atoms with Crippen LogP contribution in [-0.4, -0.2) is 62.2 Å². The van der Waals surface area contributed by atoms with Crippen LogP contribution in [0.4, 0.5) is 0 Å². The predicted molar refractivity (Wildman–Crippen MR) is 149 cm³/mol. The van der Waals surface area contributed by atoms with Gasteiger partial charge >= 0.3 is 17.9 Å². The molecule has 1 aliphatic heterocycles. The van der Waals surface area contributed by atoms with Crippen LogP contribution in [0.25, 0.3) is 0 Å². The van der Waals surface area contributed by atoms with Crippen LogP contribution in [0.5, 0.6) is 11.5 Å². The maximum atomic E-state index is 13.1. The van der Waals surface area contributed by atoms with Gasteiger partial charge in [0.15, 0.2) is 5.76 Å². The Bertz CT molecular complexity index is 1160. The van der Waals surface area contributed by atoms with Crippen molar-refractivity contribution < 1.29 is 47.9 Å². The van der Waals surface area contributed by atoms with E-state index in [1.165, 1.54) is 0 Å². The van der Waals surface area contributed by atoms with Crippen molar-refractivity contribution in [3.05, 3.63) is 59.6 Å². The fraction of sp³-hybridized carbons (Fsp3) is 0.516. The molecular formula is C31H40O10. The summed E-state index contributed by atoms with van der Waals surface area (Å²) in [5.41, 5.74) is 1.03. The number of aliphatic hydroxyl groups excluding tert-OH is 1. The monoisotopic (exact) mass is 572 g/mol. The van der Waals surface area contributed by atoms with Gasteiger partial charge in [-0.2, -0.15) is 0 Å². The van der Waals surface area contributed by atoms with Crippen LogP contribution in [0.1, 0.15) is 41.0 Å². The first-order valence-electron chi connectivity index (χ1n) is 13.9. The van der Waals surface area contributed by atoms with Crippen molar-refractivity contribution in [3.8, 4) is 11.5 Å². The van der Waals surface area contributed by atoms with Gasteiger partial charge in [-0.25, -0.2) is 4.79 Å². The minimum Gasteiger partial charge on any atom is -0.506 e. The van der Waals surface area contributed by atoms with Gasteiger partial charge in [-0.3, -0.25) is 9.59 Å². The Kier molecular flexibility index (Phi) is 11.8. The molecule has 3 unspecified atom stereocenters. The number of ether oxygens (including phenoxy) is 6. The van der Waals surface area contributed by atoms with E-state index in [4.69, 9.17) is 28.4 Å². The molecule has 0 spiro atoms. The first kappa shape index (κ1) is 31.7. The van der Waals surface area contributed by atoms with E-state index in [9.17, 15) is 19.5 Å². The molecule has 1 saturated heterocycles. The highest BCUT2D eigenvalue weighted by atomic mass is 16.6. The maximum Gasteiger partial charge on any atom is 0.339 e. The van der Waals surface area contributed by atoms with Crippen LogP contribution in [-0.2, 0) is 33.3 Å². The van der Waals surface area contributed by atoms with Gasteiger partial charge in [0, 0.05) is 6.07 Å². The molecule has 3 rings (SSSR count). The fourth-order valence-electron chi connectivity index (χ4n) is 3.79. The van der Waals surface area contributed by atoms with Crippen LogP contribution >= 0.6 is 0 Å². The van der Waals surface area contributed by atoms with Gasteiger partial charge in [-0.15, -0.1) is 0 Å². The van der Waals surface area contributed by atoms with Crippen LogP contribution in [0.2, 0.25) is 0 Å². The summed E-state index contributed by atoms with van der Waals surface area (Å²) in [5.74, 6) is -1.82. The van der Waals surface area contributed by atoms with Crippen molar-refractivity contribution in [2.45, 2.75) is 47.1 Å². The minimum atomic E-state index is -0.901. The summed E-state index contributed by atoms with van der Waals surface area (Å²) in [6.45, 7) is 10.3. The Morgan fingerprint density at radius 3 is 2.39 bits per heavy atom. The molecule has 0 bridgehead atoms. The van der Waals surface area contributed by atoms with Crippen molar-refractivity contribution in [1.82, 2.24) is 0 Å². The number of allylic oxidation sites excluding steroid dienone is 3. The number of hydrogen-bond donors (Lipinski definition) is 1. The molecule has 0 radical (unpaired) electrons. The van der Waals surface area contributed by atoms with Crippen molar-refractivity contribution >= 4 is 17.9 Å². The summed E-state index contributed by atoms with van der Waals surface area (Å²) in [6, 6.07) is 6.92. The second kappa shape index (κ2) is 15.3. The van der Waals surface area contributed by atoms with E-state index in [0.717, 1.165) is 11.8 Å². The quantitative estimate of drug-likeness (QED) is 0.104. The lowest BCUT2D eigenvalue weighted by Crippen LogP contribution is -2.28. The number of rotatable bonds is 15. The molecule has 0 saturated carbocycles. The SMILES string of the molecule is CC(C)C(=O)OCCOC(=O)C1CC=C(C(C)C(C)C)C=C1C(=O)O/C=C(\O)COc1cccc(OCC2CO2)c1. The normalized spacial score (nSPS) is 19.1. The van der Waals surface area contributed by atoms with Crippen molar-refractivity contribution in [2.24, 2.45) is 23.7 Å². The summed E-state index contributed by atoms with van der Waals surface area (Å²) in [5, 5.41) is 10.3. The zero-order valence-electron chi connectivity index (χ0n) is 24.3. The van der Waals surface area contributed by atoms with Gasteiger partial charge in [0.25, 0.3) is 0 Å². The minimum absolute atomic E-state index is 0.0784. The third-order valence-corrected chi connectivity index (χ3v) is 6.71. The highest BCUT2D eigenvalue weighted by Crippen LogP contribution is 2.32. The maximum absolute atomic E-state index is 13.1. The van der Waals surface area contributed by atoms with Crippen molar-refractivity contribution in [3.63, 3.8) is 0 Å². The van der Waals surface area contributed by atoms with Crippen LogP contribution in [0.15, 0.2) is 59.6 Å². The molecule has 1 aromatic rings. The van der Waals surface area contributed by atoms with E-state index in [0.29, 0.717) is 30.6 Å². The van der Waals surface area contributed by atoms with E-state index in [-0.39, 0.29) is 55.5 Å². The van der Waals surface area contributed by atoms with Gasteiger partial charge in [-0.1, -0.05) is 46.8 Å². The molecule has 41 heavy (non-hydrogen) atoms. The molecule has 0 amide bonds. The number of benzene rings is 1. The zero-order valence-corrected chi connectivity index (χ0v) is 24.3. The number of esters is 3. The third-order valence-electron chi connectivity index (χ3n) is 6.71. The van der Waals surface area contributed by atoms with Gasteiger partial charge in [0.2, 0.25) is 0 Å². The number of carbonyl (C=O) groups excluding carboxylic acids is 3. The van der Waals surface area contributed by atoms with E-state index >= 15 is 0 Å². The Morgan fingerprint density at radius 2 is 1.73 bits per heavy atom. The Hall–Kier alpha value is -3.79. The topological polar surface area (TPSA) is 130 Å². The average Bonchev–Trinajstić information content (AvgIpc) is 3.79. The van der Waals surface area contributed by atoms with E-state index in [1.807, 2.05) is 13.0 Å². The third kappa shape index (κ3) is 10.3. The second-order valence-corrected chi connectivity index (χ2v) is 10.7. The smallest absolute Gasteiger partial charge is 0.339 e. The Labute approximate surface area is 240 Å².